The molecule has 1 amide bonds. The fraction of sp³-hybridized carbons (Fsp3) is 0.154. The van der Waals surface area contributed by atoms with Gasteiger partial charge >= 0.3 is 10.2 Å². The quantitative estimate of drug-likeness (QED) is 0.914. The Morgan fingerprint density at radius 2 is 1.86 bits per heavy atom. The van der Waals surface area contributed by atoms with E-state index in [1.54, 1.807) is 30.3 Å². The summed E-state index contributed by atoms with van der Waals surface area (Å²) >= 11 is 0. The van der Waals surface area contributed by atoms with Gasteiger partial charge in [-0.05, 0) is 30.3 Å². The molecule has 0 saturated heterocycles. The summed E-state index contributed by atoms with van der Waals surface area (Å²) in [5, 5.41) is 2.66. The zero-order valence-corrected chi connectivity index (χ0v) is 12.2. The average Bonchev–Trinajstić information content (AvgIpc) is 3.04. The van der Waals surface area contributed by atoms with E-state index in [1.165, 1.54) is 29.0 Å². The summed E-state index contributed by atoms with van der Waals surface area (Å²) in [6, 6.07) is 8.07. The molecule has 2 heterocycles. The molecular formula is C13H13N3O4S. The Morgan fingerprint density at radius 3 is 2.52 bits per heavy atom. The summed E-state index contributed by atoms with van der Waals surface area (Å²) in [6.45, 7) is 0. The van der Waals surface area contributed by atoms with Crippen LogP contribution in [0.4, 0.5) is 17.1 Å². The summed E-state index contributed by atoms with van der Waals surface area (Å²) in [5.41, 5.74) is 1.57. The molecule has 0 bridgehead atoms. The van der Waals surface area contributed by atoms with Gasteiger partial charge in [-0.25, -0.2) is 0 Å². The normalized spacial score (nSPS) is 15.9. The van der Waals surface area contributed by atoms with Crippen molar-refractivity contribution < 1.29 is 17.6 Å². The minimum Gasteiger partial charge on any atom is -0.459 e. The van der Waals surface area contributed by atoms with Crippen LogP contribution in [0.15, 0.2) is 41.0 Å². The number of benzene rings is 1. The van der Waals surface area contributed by atoms with Gasteiger partial charge in [-0.2, -0.15) is 8.42 Å². The molecule has 21 heavy (non-hydrogen) atoms. The number of amides is 1. The van der Waals surface area contributed by atoms with Crippen molar-refractivity contribution in [3.63, 3.8) is 0 Å². The van der Waals surface area contributed by atoms with Crippen molar-refractivity contribution in [3.05, 3.63) is 42.4 Å². The molecule has 0 radical (unpaired) electrons. The topological polar surface area (TPSA) is 82.9 Å². The third-order valence-electron chi connectivity index (χ3n) is 3.35. The maximum absolute atomic E-state index is 12.0. The smallest absolute Gasteiger partial charge is 0.326 e. The number of carbonyl (C=O) groups is 1. The number of hydrogen-bond acceptors (Lipinski definition) is 4. The van der Waals surface area contributed by atoms with Crippen molar-refractivity contribution in [2.75, 3.05) is 28.0 Å². The predicted octanol–water partition coefficient (Wildman–Crippen LogP) is 1.66. The van der Waals surface area contributed by atoms with E-state index < -0.39 is 16.1 Å². The highest BCUT2D eigenvalue weighted by Crippen LogP contribution is 2.40. The van der Waals surface area contributed by atoms with Crippen molar-refractivity contribution in [1.82, 2.24) is 0 Å². The van der Waals surface area contributed by atoms with Gasteiger partial charge < -0.3 is 9.73 Å². The number of carbonyl (C=O) groups excluding carboxylic acids is 1. The molecule has 3 rings (SSSR count). The van der Waals surface area contributed by atoms with Gasteiger partial charge in [-0.15, -0.1) is 0 Å². The van der Waals surface area contributed by atoms with Gasteiger partial charge in [0.15, 0.2) is 5.76 Å². The van der Waals surface area contributed by atoms with Gasteiger partial charge in [0.25, 0.3) is 5.91 Å². The largest absolute Gasteiger partial charge is 0.459 e. The molecule has 1 aliphatic heterocycles. The number of nitrogens with zero attached hydrogens (tertiary/aromatic N) is 2. The molecule has 0 saturated carbocycles. The van der Waals surface area contributed by atoms with E-state index >= 15 is 0 Å². The highest BCUT2D eigenvalue weighted by Gasteiger charge is 2.35. The minimum atomic E-state index is -3.52. The lowest BCUT2D eigenvalue weighted by atomic mass is 10.2. The lowest BCUT2D eigenvalue weighted by Gasteiger charge is -2.13. The van der Waals surface area contributed by atoms with Gasteiger partial charge in [0.05, 0.1) is 17.6 Å². The Labute approximate surface area is 121 Å². The molecule has 2 aromatic rings. The molecule has 8 heteroatoms. The van der Waals surface area contributed by atoms with Crippen molar-refractivity contribution in [1.29, 1.82) is 0 Å². The molecule has 0 spiro atoms. The Balaban J connectivity index is 1.92. The van der Waals surface area contributed by atoms with Gasteiger partial charge in [0.2, 0.25) is 0 Å². The maximum atomic E-state index is 12.0. The second kappa shape index (κ2) is 4.52. The lowest BCUT2D eigenvalue weighted by molar-refractivity contribution is 0.0996. The first-order chi connectivity index (χ1) is 9.91. The van der Waals surface area contributed by atoms with E-state index in [-0.39, 0.29) is 5.76 Å². The summed E-state index contributed by atoms with van der Waals surface area (Å²) in [5.74, 6) is -0.203. The molecule has 1 aliphatic rings. The fourth-order valence-electron chi connectivity index (χ4n) is 2.15. The summed E-state index contributed by atoms with van der Waals surface area (Å²) in [4.78, 5) is 11.9. The summed E-state index contributed by atoms with van der Waals surface area (Å²) in [6.07, 6.45) is 1.41. The third-order valence-corrected chi connectivity index (χ3v) is 5.13. The van der Waals surface area contributed by atoms with Crippen LogP contribution >= 0.6 is 0 Å². The van der Waals surface area contributed by atoms with Crippen LogP contribution in [0.3, 0.4) is 0 Å². The number of nitrogens with one attached hydrogen (secondary N) is 1. The molecule has 1 aromatic heterocycles. The van der Waals surface area contributed by atoms with Crippen molar-refractivity contribution in [2.45, 2.75) is 0 Å². The number of rotatable bonds is 2. The van der Waals surface area contributed by atoms with E-state index in [2.05, 4.69) is 5.32 Å². The zero-order chi connectivity index (χ0) is 15.2. The molecule has 1 aromatic carbocycles. The predicted molar refractivity (Wildman–Crippen MR) is 78.8 cm³/mol. The van der Waals surface area contributed by atoms with Gasteiger partial charge in [-0.1, -0.05) is 0 Å². The van der Waals surface area contributed by atoms with Gasteiger partial charge in [0.1, 0.15) is 0 Å². The van der Waals surface area contributed by atoms with E-state index in [0.717, 1.165) is 0 Å². The van der Waals surface area contributed by atoms with Crippen molar-refractivity contribution in [3.8, 4) is 0 Å². The monoisotopic (exact) mass is 307 g/mol. The number of furan rings is 1. The molecule has 110 valence electrons. The standard InChI is InChI=1S/C13H13N3O4S/c1-15-10-6-5-9(8-11(10)16(2)21(15,18)19)14-13(17)12-4-3-7-20-12/h3-8H,1-2H3,(H,14,17). The molecule has 0 atom stereocenters. The third kappa shape index (κ3) is 2.04. The molecular weight excluding hydrogens is 294 g/mol. The number of anilines is 3. The van der Waals surface area contributed by atoms with Crippen LogP contribution in [0, 0.1) is 0 Å². The summed E-state index contributed by atoms with van der Waals surface area (Å²) < 4.78 is 31.4. The fourth-order valence-corrected chi connectivity index (χ4v) is 3.32. The van der Waals surface area contributed by atoms with E-state index in [9.17, 15) is 13.2 Å². The van der Waals surface area contributed by atoms with E-state index in [0.29, 0.717) is 17.1 Å². The van der Waals surface area contributed by atoms with E-state index in [1.807, 2.05) is 0 Å². The van der Waals surface area contributed by atoms with Crippen LogP contribution in [-0.4, -0.2) is 28.4 Å². The maximum Gasteiger partial charge on any atom is 0.326 e. The van der Waals surface area contributed by atoms with Crippen LogP contribution in [0.2, 0.25) is 0 Å². The van der Waals surface area contributed by atoms with Gasteiger partial charge in [0, 0.05) is 19.8 Å². The van der Waals surface area contributed by atoms with Crippen LogP contribution in [0.25, 0.3) is 0 Å². The second-order valence-electron chi connectivity index (χ2n) is 4.58. The molecule has 0 aliphatic carbocycles. The average molecular weight is 307 g/mol. The van der Waals surface area contributed by atoms with Crippen molar-refractivity contribution in [2.24, 2.45) is 0 Å². The molecule has 0 unspecified atom stereocenters. The Bertz CT molecular complexity index is 799. The molecule has 7 nitrogen and oxygen atoms in total. The van der Waals surface area contributed by atoms with Crippen molar-refractivity contribution >= 4 is 33.2 Å². The van der Waals surface area contributed by atoms with Crippen LogP contribution in [-0.2, 0) is 10.2 Å². The van der Waals surface area contributed by atoms with Crippen LogP contribution < -0.4 is 13.9 Å². The highest BCUT2D eigenvalue weighted by molar-refractivity contribution is 7.94. The Hall–Kier alpha value is -2.48. The first-order valence-corrected chi connectivity index (χ1v) is 7.52. The van der Waals surface area contributed by atoms with Crippen LogP contribution in [0.5, 0.6) is 0 Å². The van der Waals surface area contributed by atoms with E-state index in [4.69, 9.17) is 4.42 Å². The Morgan fingerprint density at radius 1 is 1.14 bits per heavy atom. The van der Waals surface area contributed by atoms with Gasteiger partial charge in [-0.3, -0.25) is 13.4 Å². The van der Waals surface area contributed by atoms with Crippen LogP contribution in [0.1, 0.15) is 10.6 Å². The lowest BCUT2D eigenvalue weighted by Crippen LogP contribution is -2.32. The molecule has 1 N–H and O–H groups in total. The minimum absolute atomic E-state index is 0.189. The first-order valence-electron chi connectivity index (χ1n) is 6.13. The SMILES string of the molecule is CN1c2ccc(NC(=O)c3ccco3)cc2N(C)S1(=O)=O. The number of fused-ring (bicyclic) bond motifs is 1. The molecule has 0 fully saturated rings. The second-order valence-corrected chi connectivity index (χ2v) is 6.57. The Kier molecular flexibility index (Phi) is 2.91. The summed E-state index contributed by atoms with van der Waals surface area (Å²) in [7, 11) is -0.563. The first kappa shape index (κ1) is 13.5. The number of hydrogen-bond donors (Lipinski definition) is 1. The highest BCUT2D eigenvalue weighted by atomic mass is 32.2. The zero-order valence-electron chi connectivity index (χ0n) is 11.4.